The molecule has 4 nitrogen and oxygen atoms in total. The van der Waals surface area contributed by atoms with Gasteiger partial charge in [0, 0.05) is 17.5 Å². The third kappa shape index (κ3) is 2.21. The van der Waals surface area contributed by atoms with Crippen molar-refractivity contribution in [2.45, 2.75) is 24.9 Å². The van der Waals surface area contributed by atoms with Crippen LogP contribution >= 0.6 is 11.6 Å². The first-order chi connectivity index (χ1) is 10.1. The predicted octanol–water partition coefficient (Wildman–Crippen LogP) is 2.44. The van der Waals surface area contributed by atoms with Crippen molar-refractivity contribution in [2.75, 3.05) is 6.54 Å². The molecule has 2 fully saturated rings. The molecule has 1 aromatic heterocycles. The summed E-state index contributed by atoms with van der Waals surface area (Å²) >= 11 is 6.00. The first-order valence-corrected chi connectivity index (χ1v) is 7.50. The molecule has 0 radical (unpaired) electrons. The van der Waals surface area contributed by atoms with Gasteiger partial charge in [0.05, 0.1) is 10.5 Å². The molecule has 6 heteroatoms. The summed E-state index contributed by atoms with van der Waals surface area (Å²) in [5.41, 5.74) is 0.955. The molecule has 0 unspecified atom stereocenters. The van der Waals surface area contributed by atoms with Crippen LogP contribution in [0.15, 0.2) is 18.2 Å². The van der Waals surface area contributed by atoms with Gasteiger partial charge in [0.1, 0.15) is 11.5 Å². The highest BCUT2D eigenvalue weighted by Gasteiger charge is 2.40. The van der Waals surface area contributed by atoms with Crippen LogP contribution < -0.4 is 10.6 Å². The van der Waals surface area contributed by atoms with Gasteiger partial charge in [-0.1, -0.05) is 11.6 Å². The minimum Gasteiger partial charge on any atom is -0.350 e. The van der Waals surface area contributed by atoms with E-state index in [9.17, 15) is 9.18 Å². The van der Waals surface area contributed by atoms with Gasteiger partial charge >= 0.3 is 0 Å². The lowest BCUT2D eigenvalue weighted by molar-refractivity contribution is 0.0924. The molecule has 2 aliphatic rings. The van der Waals surface area contributed by atoms with Gasteiger partial charge in [-0.15, -0.1) is 0 Å². The standard InChI is InChI=1S/C15H15ClFN3O/c16-10-3-8(17)4-11-9(10)5-14(19-11)15(21)20-13-2-7-1-12(13)18-6-7/h3-5,7,12-13,18-19H,1-2,6H2,(H,20,21)/t7-,12+,13+/m0/s1. The van der Waals surface area contributed by atoms with E-state index >= 15 is 0 Å². The van der Waals surface area contributed by atoms with E-state index in [0.717, 1.165) is 19.4 Å². The molecule has 110 valence electrons. The number of carbonyl (C=O) groups excluding carboxylic acids is 1. The Labute approximate surface area is 126 Å². The maximum Gasteiger partial charge on any atom is 0.268 e. The van der Waals surface area contributed by atoms with E-state index < -0.39 is 5.82 Å². The molecule has 3 atom stereocenters. The molecule has 21 heavy (non-hydrogen) atoms. The molecule has 1 aliphatic heterocycles. The van der Waals surface area contributed by atoms with Gasteiger partial charge < -0.3 is 15.6 Å². The molecule has 2 bridgehead atoms. The normalized spacial score (nSPS) is 27.4. The number of aromatic nitrogens is 1. The number of amides is 1. The van der Waals surface area contributed by atoms with Crippen LogP contribution in [-0.2, 0) is 0 Å². The number of hydrogen-bond acceptors (Lipinski definition) is 2. The van der Waals surface area contributed by atoms with Crippen molar-refractivity contribution in [3.8, 4) is 0 Å². The second-order valence-corrected chi connectivity index (χ2v) is 6.37. The van der Waals surface area contributed by atoms with Gasteiger partial charge in [-0.25, -0.2) is 4.39 Å². The van der Waals surface area contributed by atoms with Crippen molar-refractivity contribution in [1.29, 1.82) is 0 Å². The molecular weight excluding hydrogens is 293 g/mol. The van der Waals surface area contributed by atoms with Gasteiger partial charge in [0.2, 0.25) is 0 Å². The Morgan fingerprint density at radius 3 is 2.90 bits per heavy atom. The molecular formula is C15H15ClFN3O. The van der Waals surface area contributed by atoms with E-state index in [1.54, 1.807) is 6.07 Å². The van der Waals surface area contributed by atoms with Gasteiger partial charge in [-0.3, -0.25) is 4.79 Å². The lowest BCUT2D eigenvalue weighted by atomic mass is 10.1. The van der Waals surface area contributed by atoms with Gasteiger partial charge in [-0.05, 0) is 43.5 Å². The van der Waals surface area contributed by atoms with Crippen LogP contribution in [0, 0.1) is 11.7 Å². The SMILES string of the molecule is O=C(N[C@@H]1C[C@H]2CN[C@@H]1C2)c1cc2c(Cl)cc(F)cc2[nH]1. The van der Waals surface area contributed by atoms with Crippen molar-refractivity contribution in [2.24, 2.45) is 5.92 Å². The van der Waals surface area contributed by atoms with Crippen LogP contribution in [0.2, 0.25) is 5.02 Å². The Morgan fingerprint density at radius 2 is 2.19 bits per heavy atom. The largest absolute Gasteiger partial charge is 0.350 e. The fourth-order valence-corrected chi connectivity index (χ4v) is 3.80. The molecule has 1 aliphatic carbocycles. The number of hydrogen-bond donors (Lipinski definition) is 3. The monoisotopic (exact) mass is 307 g/mol. The Morgan fingerprint density at radius 1 is 1.33 bits per heavy atom. The Kier molecular flexibility index (Phi) is 2.94. The number of halogens is 2. The number of piperidine rings is 1. The summed E-state index contributed by atoms with van der Waals surface area (Å²) < 4.78 is 13.3. The molecule has 1 amide bonds. The third-order valence-electron chi connectivity index (χ3n) is 4.54. The first kappa shape index (κ1) is 13.1. The number of carbonyl (C=O) groups is 1. The van der Waals surface area contributed by atoms with Gasteiger partial charge in [0.15, 0.2) is 0 Å². The summed E-state index contributed by atoms with van der Waals surface area (Å²) in [6, 6.07) is 4.82. The van der Waals surface area contributed by atoms with E-state index in [1.807, 2.05) is 0 Å². The predicted molar refractivity (Wildman–Crippen MR) is 79.0 cm³/mol. The highest BCUT2D eigenvalue weighted by Crippen LogP contribution is 2.31. The zero-order valence-corrected chi connectivity index (χ0v) is 12.0. The van der Waals surface area contributed by atoms with Gasteiger partial charge in [-0.2, -0.15) is 0 Å². The smallest absolute Gasteiger partial charge is 0.268 e. The number of benzene rings is 1. The Hall–Kier alpha value is -1.59. The van der Waals surface area contributed by atoms with Crippen molar-refractivity contribution >= 4 is 28.4 Å². The third-order valence-corrected chi connectivity index (χ3v) is 4.86. The average molecular weight is 308 g/mol. The number of aromatic amines is 1. The maximum atomic E-state index is 13.3. The number of fused-ring (bicyclic) bond motifs is 3. The van der Waals surface area contributed by atoms with Crippen molar-refractivity contribution in [3.05, 3.63) is 34.7 Å². The molecule has 1 saturated carbocycles. The van der Waals surface area contributed by atoms with Crippen molar-refractivity contribution in [3.63, 3.8) is 0 Å². The van der Waals surface area contributed by atoms with E-state index in [1.165, 1.54) is 12.1 Å². The van der Waals surface area contributed by atoms with Crippen LogP contribution in [-0.4, -0.2) is 29.5 Å². The van der Waals surface area contributed by atoms with E-state index in [2.05, 4.69) is 15.6 Å². The molecule has 3 N–H and O–H groups in total. The zero-order chi connectivity index (χ0) is 14.6. The summed E-state index contributed by atoms with van der Waals surface area (Å²) in [6.07, 6.45) is 2.16. The molecule has 4 rings (SSSR count). The maximum absolute atomic E-state index is 13.3. The summed E-state index contributed by atoms with van der Waals surface area (Å²) in [5.74, 6) is 0.0900. The Balaban J connectivity index is 1.58. The summed E-state index contributed by atoms with van der Waals surface area (Å²) in [6.45, 7) is 1.05. The lowest BCUT2D eigenvalue weighted by Gasteiger charge is -2.23. The fraction of sp³-hybridized carbons (Fsp3) is 0.400. The summed E-state index contributed by atoms with van der Waals surface area (Å²) in [5, 5.41) is 7.43. The molecule has 0 spiro atoms. The lowest BCUT2D eigenvalue weighted by Crippen LogP contribution is -2.48. The summed E-state index contributed by atoms with van der Waals surface area (Å²) in [4.78, 5) is 15.3. The minimum atomic E-state index is -0.418. The second kappa shape index (κ2) is 4.71. The van der Waals surface area contributed by atoms with Crippen molar-refractivity contribution in [1.82, 2.24) is 15.6 Å². The van der Waals surface area contributed by atoms with Crippen LogP contribution in [0.25, 0.3) is 10.9 Å². The van der Waals surface area contributed by atoms with Crippen molar-refractivity contribution < 1.29 is 9.18 Å². The number of nitrogens with one attached hydrogen (secondary N) is 3. The van der Waals surface area contributed by atoms with Gasteiger partial charge in [0.25, 0.3) is 5.91 Å². The highest BCUT2D eigenvalue weighted by molar-refractivity contribution is 6.35. The highest BCUT2D eigenvalue weighted by atomic mass is 35.5. The summed E-state index contributed by atoms with van der Waals surface area (Å²) in [7, 11) is 0. The van der Waals surface area contributed by atoms with Crippen LogP contribution in [0.1, 0.15) is 23.3 Å². The fourth-order valence-electron chi connectivity index (χ4n) is 3.54. The second-order valence-electron chi connectivity index (χ2n) is 5.96. The topological polar surface area (TPSA) is 56.9 Å². The molecule has 2 heterocycles. The number of H-pyrrole nitrogens is 1. The average Bonchev–Trinajstić information content (AvgIpc) is 3.11. The van der Waals surface area contributed by atoms with E-state index in [0.29, 0.717) is 33.6 Å². The Bertz CT molecular complexity index is 729. The van der Waals surface area contributed by atoms with Crippen LogP contribution in [0.4, 0.5) is 4.39 Å². The molecule has 2 aromatic rings. The number of rotatable bonds is 2. The first-order valence-electron chi connectivity index (χ1n) is 7.12. The van der Waals surface area contributed by atoms with E-state index in [4.69, 9.17) is 11.6 Å². The molecule has 1 saturated heterocycles. The van der Waals surface area contributed by atoms with Crippen LogP contribution in [0.3, 0.4) is 0 Å². The van der Waals surface area contributed by atoms with Crippen LogP contribution in [0.5, 0.6) is 0 Å². The van der Waals surface area contributed by atoms with E-state index in [-0.39, 0.29) is 11.9 Å². The molecule has 1 aromatic carbocycles. The zero-order valence-electron chi connectivity index (χ0n) is 11.2. The quantitative estimate of drug-likeness (QED) is 0.798. The minimum absolute atomic E-state index is 0.165.